The summed E-state index contributed by atoms with van der Waals surface area (Å²) in [4.78, 5) is 11.0. The van der Waals surface area contributed by atoms with Crippen LogP contribution in [0.2, 0.25) is 5.02 Å². The molecule has 0 bridgehead atoms. The highest BCUT2D eigenvalue weighted by Gasteiger charge is 2.20. The zero-order chi connectivity index (χ0) is 17.4. The van der Waals surface area contributed by atoms with E-state index in [1.165, 1.54) is 6.07 Å². The molecule has 0 heterocycles. The van der Waals surface area contributed by atoms with Crippen molar-refractivity contribution in [3.05, 3.63) is 57.6 Å². The Morgan fingerprint density at radius 2 is 1.78 bits per heavy atom. The van der Waals surface area contributed by atoms with Crippen LogP contribution in [0.4, 0.5) is 5.69 Å². The molecule has 0 aliphatic heterocycles. The molecule has 7 heteroatoms. The van der Waals surface area contributed by atoms with Crippen molar-refractivity contribution in [3.8, 4) is 0 Å². The van der Waals surface area contributed by atoms with Crippen LogP contribution >= 0.6 is 11.6 Å². The molecule has 2 aromatic carbocycles. The van der Waals surface area contributed by atoms with Crippen LogP contribution in [-0.2, 0) is 10.0 Å². The van der Waals surface area contributed by atoms with Crippen LogP contribution in [0.25, 0.3) is 0 Å². The maximum absolute atomic E-state index is 12.6. The van der Waals surface area contributed by atoms with Crippen molar-refractivity contribution >= 4 is 33.3 Å². The zero-order valence-corrected chi connectivity index (χ0v) is 14.4. The summed E-state index contributed by atoms with van der Waals surface area (Å²) < 4.78 is 27.7. The van der Waals surface area contributed by atoms with Crippen LogP contribution in [-0.4, -0.2) is 14.4 Å². The van der Waals surface area contributed by atoms with E-state index in [9.17, 15) is 18.3 Å². The van der Waals surface area contributed by atoms with Gasteiger partial charge in [-0.15, -0.1) is 0 Å². The number of rotatable bonds is 4. The van der Waals surface area contributed by atoms with Gasteiger partial charge in [-0.2, -0.15) is 0 Å². The van der Waals surface area contributed by atoms with Crippen molar-refractivity contribution in [2.24, 2.45) is 0 Å². The van der Waals surface area contributed by atoms with E-state index in [2.05, 4.69) is 4.72 Å². The first-order chi connectivity index (χ1) is 10.6. The molecule has 2 aromatic rings. The van der Waals surface area contributed by atoms with Gasteiger partial charge >= 0.3 is 0 Å². The molecule has 0 aromatic heterocycles. The van der Waals surface area contributed by atoms with Crippen LogP contribution in [0.3, 0.4) is 0 Å². The molecular formula is C16H15ClNO4S-. The third-order valence-electron chi connectivity index (χ3n) is 3.66. The van der Waals surface area contributed by atoms with Crippen LogP contribution < -0.4 is 9.83 Å². The molecule has 23 heavy (non-hydrogen) atoms. The minimum Gasteiger partial charge on any atom is -0.545 e. The van der Waals surface area contributed by atoms with E-state index >= 15 is 0 Å². The Morgan fingerprint density at radius 1 is 1.13 bits per heavy atom. The van der Waals surface area contributed by atoms with Gasteiger partial charge in [-0.1, -0.05) is 17.7 Å². The van der Waals surface area contributed by atoms with Crippen molar-refractivity contribution in [1.29, 1.82) is 0 Å². The van der Waals surface area contributed by atoms with Crippen molar-refractivity contribution in [2.45, 2.75) is 25.7 Å². The third-order valence-corrected chi connectivity index (χ3v) is 5.56. The molecule has 5 nitrogen and oxygen atoms in total. The number of carboxylic acid groups (broad SMARTS) is 1. The topological polar surface area (TPSA) is 86.3 Å². The van der Waals surface area contributed by atoms with Crippen molar-refractivity contribution < 1.29 is 18.3 Å². The molecule has 2 rings (SSSR count). The summed E-state index contributed by atoms with van der Waals surface area (Å²) in [6.07, 6.45) is 0. The number of sulfonamides is 1. The molecule has 0 fully saturated rings. The maximum atomic E-state index is 12.6. The summed E-state index contributed by atoms with van der Waals surface area (Å²) in [5.74, 6) is -1.43. The average molecular weight is 353 g/mol. The molecule has 0 spiro atoms. The molecule has 1 N–H and O–H groups in total. The van der Waals surface area contributed by atoms with Gasteiger partial charge < -0.3 is 9.90 Å². The Bertz CT molecular complexity index is 891. The Balaban J connectivity index is 2.56. The van der Waals surface area contributed by atoms with E-state index in [1.54, 1.807) is 39.0 Å². The highest BCUT2D eigenvalue weighted by molar-refractivity contribution is 7.92. The van der Waals surface area contributed by atoms with Gasteiger partial charge in [0.25, 0.3) is 10.0 Å². The first-order valence-electron chi connectivity index (χ1n) is 6.74. The number of carbonyl (C=O) groups is 1. The summed E-state index contributed by atoms with van der Waals surface area (Å²) in [6, 6.07) is 7.35. The molecular weight excluding hydrogens is 338 g/mol. The standard InChI is InChI=1S/C16H16ClNO4S/c1-9-7-12(16(19)20)8-15(10(9)2)23(21,22)18-14-6-4-5-13(17)11(14)3/h4-8,18H,1-3H3,(H,19,20)/p-1. The van der Waals surface area contributed by atoms with Gasteiger partial charge in [0.2, 0.25) is 0 Å². The van der Waals surface area contributed by atoms with Crippen molar-refractivity contribution in [1.82, 2.24) is 0 Å². The lowest BCUT2D eigenvalue weighted by Crippen LogP contribution is -2.24. The second-order valence-corrected chi connectivity index (χ2v) is 7.28. The van der Waals surface area contributed by atoms with E-state index in [0.717, 1.165) is 6.07 Å². The number of anilines is 1. The van der Waals surface area contributed by atoms with Gasteiger partial charge in [-0.3, -0.25) is 4.72 Å². The number of hydrogen-bond acceptors (Lipinski definition) is 4. The molecule has 0 aliphatic rings. The Morgan fingerprint density at radius 3 is 2.39 bits per heavy atom. The fraction of sp³-hybridized carbons (Fsp3) is 0.188. The molecule has 0 unspecified atom stereocenters. The van der Waals surface area contributed by atoms with E-state index in [0.29, 0.717) is 27.4 Å². The molecule has 0 radical (unpaired) electrons. The summed E-state index contributed by atoms with van der Waals surface area (Å²) >= 11 is 5.99. The largest absolute Gasteiger partial charge is 0.545 e. The predicted molar refractivity (Wildman–Crippen MR) is 87.2 cm³/mol. The van der Waals surface area contributed by atoms with Crippen LogP contribution in [0.1, 0.15) is 27.0 Å². The average Bonchev–Trinajstić information content (AvgIpc) is 2.46. The number of aryl methyl sites for hydroxylation is 1. The zero-order valence-electron chi connectivity index (χ0n) is 12.8. The first kappa shape index (κ1) is 17.3. The van der Waals surface area contributed by atoms with Gasteiger partial charge in [0.1, 0.15) is 0 Å². The van der Waals surface area contributed by atoms with Gasteiger partial charge in [-0.25, -0.2) is 8.42 Å². The summed E-state index contributed by atoms with van der Waals surface area (Å²) in [5.41, 5.74) is 1.77. The smallest absolute Gasteiger partial charge is 0.262 e. The molecule has 122 valence electrons. The van der Waals surface area contributed by atoms with E-state index in [-0.39, 0.29) is 10.5 Å². The number of hydrogen-bond donors (Lipinski definition) is 1. The number of benzene rings is 2. The highest BCUT2D eigenvalue weighted by Crippen LogP contribution is 2.27. The Hall–Kier alpha value is -2.05. The minimum absolute atomic E-state index is 0.101. The fourth-order valence-corrected chi connectivity index (χ4v) is 3.78. The molecule has 0 atom stereocenters. The second-order valence-electron chi connectivity index (χ2n) is 5.22. The monoisotopic (exact) mass is 352 g/mol. The summed E-state index contributed by atoms with van der Waals surface area (Å²) in [5, 5.41) is 11.5. The number of carbonyl (C=O) groups excluding carboxylic acids is 1. The third kappa shape index (κ3) is 3.48. The van der Waals surface area contributed by atoms with Crippen molar-refractivity contribution in [3.63, 3.8) is 0 Å². The molecule has 0 amide bonds. The van der Waals surface area contributed by atoms with Crippen molar-refractivity contribution in [2.75, 3.05) is 4.72 Å². The van der Waals surface area contributed by atoms with Gasteiger partial charge in [0, 0.05) is 5.02 Å². The second kappa shape index (κ2) is 6.22. The molecule has 0 aliphatic carbocycles. The lowest BCUT2D eigenvalue weighted by Gasteiger charge is -2.16. The van der Waals surface area contributed by atoms with E-state index in [1.807, 2.05) is 0 Å². The lowest BCUT2D eigenvalue weighted by atomic mass is 10.1. The number of carboxylic acids is 1. The number of aromatic carboxylic acids is 1. The Kier molecular flexibility index (Phi) is 4.68. The normalized spacial score (nSPS) is 11.3. The maximum Gasteiger partial charge on any atom is 0.262 e. The lowest BCUT2D eigenvalue weighted by molar-refractivity contribution is -0.255. The van der Waals surface area contributed by atoms with E-state index < -0.39 is 16.0 Å². The Labute approximate surface area is 140 Å². The summed E-state index contributed by atoms with van der Waals surface area (Å²) in [7, 11) is -3.96. The van der Waals surface area contributed by atoms with Gasteiger partial charge in [0.15, 0.2) is 0 Å². The molecule has 0 saturated carbocycles. The molecule has 0 saturated heterocycles. The SMILES string of the molecule is Cc1cc(C(=O)[O-])cc(S(=O)(=O)Nc2cccc(Cl)c2C)c1C. The highest BCUT2D eigenvalue weighted by atomic mass is 35.5. The minimum atomic E-state index is -3.96. The fourth-order valence-electron chi connectivity index (χ4n) is 2.14. The first-order valence-corrected chi connectivity index (χ1v) is 8.60. The van der Waals surface area contributed by atoms with Crippen LogP contribution in [0, 0.1) is 20.8 Å². The van der Waals surface area contributed by atoms with Gasteiger partial charge in [0.05, 0.1) is 16.6 Å². The number of halogens is 1. The quantitative estimate of drug-likeness (QED) is 0.915. The van der Waals surface area contributed by atoms with E-state index in [4.69, 9.17) is 11.6 Å². The van der Waals surface area contributed by atoms with Crippen LogP contribution in [0.15, 0.2) is 35.2 Å². The van der Waals surface area contributed by atoms with Crippen LogP contribution in [0.5, 0.6) is 0 Å². The predicted octanol–water partition coefficient (Wildman–Crippen LogP) is 2.43. The van der Waals surface area contributed by atoms with Gasteiger partial charge in [-0.05, 0) is 67.3 Å². The summed E-state index contributed by atoms with van der Waals surface area (Å²) in [6.45, 7) is 4.95. The number of nitrogens with one attached hydrogen (secondary N) is 1.